The zero-order valence-electron chi connectivity index (χ0n) is 20.6. The van der Waals surface area contributed by atoms with Gasteiger partial charge in [0.15, 0.2) is 0 Å². The number of amides is 1. The molecule has 2 aromatic rings. The van der Waals surface area contributed by atoms with Crippen molar-refractivity contribution in [1.82, 2.24) is 5.43 Å². The van der Waals surface area contributed by atoms with Crippen molar-refractivity contribution >= 4 is 34.2 Å². The molecular formula is C26H32N4O3S. The Morgan fingerprint density at radius 2 is 1.97 bits per heavy atom. The SMILES string of the molecule is COc1ccc(/C(=N/C(C)C)N2CCCc3cc(C4=NNC(=O)SC4(C)C)ccc32)c(OC)c1. The number of thioether (sulfide) groups is 1. The highest BCUT2D eigenvalue weighted by Gasteiger charge is 2.35. The Hall–Kier alpha value is -3.00. The highest BCUT2D eigenvalue weighted by molar-refractivity contribution is 8.15. The van der Waals surface area contributed by atoms with Crippen LogP contribution in [-0.4, -0.2) is 48.3 Å². The summed E-state index contributed by atoms with van der Waals surface area (Å²) in [5, 5.41) is 4.27. The third-order valence-corrected chi connectivity index (χ3v) is 6.91. The second kappa shape index (κ2) is 9.70. The molecule has 180 valence electrons. The Morgan fingerprint density at radius 1 is 1.18 bits per heavy atom. The second-order valence-electron chi connectivity index (χ2n) is 9.18. The first kappa shape index (κ1) is 24.1. The maximum absolute atomic E-state index is 11.8. The monoisotopic (exact) mass is 480 g/mol. The number of aliphatic imine (C=N–C) groups is 1. The predicted molar refractivity (Wildman–Crippen MR) is 140 cm³/mol. The van der Waals surface area contributed by atoms with Gasteiger partial charge in [-0.05, 0) is 75.9 Å². The van der Waals surface area contributed by atoms with Gasteiger partial charge in [0, 0.05) is 24.3 Å². The van der Waals surface area contributed by atoms with Crippen LogP contribution in [0.3, 0.4) is 0 Å². The van der Waals surface area contributed by atoms with Crippen LogP contribution in [-0.2, 0) is 6.42 Å². The number of anilines is 1. The number of carbonyl (C=O) groups excluding carboxylic acids is 1. The van der Waals surface area contributed by atoms with Crippen LogP contribution in [0.5, 0.6) is 11.5 Å². The van der Waals surface area contributed by atoms with Crippen molar-refractivity contribution in [2.75, 3.05) is 25.7 Å². The summed E-state index contributed by atoms with van der Waals surface area (Å²) in [7, 11) is 3.32. The van der Waals surface area contributed by atoms with Gasteiger partial charge in [0.2, 0.25) is 0 Å². The molecule has 1 amide bonds. The van der Waals surface area contributed by atoms with Crippen LogP contribution in [0.25, 0.3) is 0 Å². The Morgan fingerprint density at radius 3 is 2.65 bits per heavy atom. The van der Waals surface area contributed by atoms with Gasteiger partial charge in [-0.25, -0.2) is 5.43 Å². The van der Waals surface area contributed by atoms with Crippen molar-refractivity contribution in [1.29, 1.82) is 0 Å². The molecule has 4 rings (SSSR count). The lowest BCUT2D eigenvalue weighted by Gasteiger charge is -2.34. The highest BCUT2D eigenvalue weighted by Crippen LogP contribution is 2.36. The fourth-order valence-electron chi connectivity index (χ4n) is 4.43. The second-order valence-corrected chi connectivity index (χ2v) is 10.8. The van der Waals surface area contributed by atoms with Crippen molar-refractivity contribution in [3.05, 3.63) is 53.1 Å². The molecule has 8 heteroatoms. The molecule has 1 N–H and O–H groups in total. The third kappa shape index (κ3) is 4.78. The summed E-state index contributed by atoms with van der Waals surface area (Å²) in [6.07, 6.45) is 1.98. The summed E-state index contributed by atoms with van der Waals surface area (Å²) in [4.78, 5) is 19.1. The van der Waals surface area contributed by atoms with Crippen LogP contribution in [0.4, 0.5) is 10.5 Å². The van der Waals surface area contributed by atoms with Gasteiger partial charge in [-0.3, -0.25) is 9.79 Å². The number of benzene rings is 2. The fraction of sp³-hybridized carbons (Fsp3) is 0.423. The molecule has 0 bridgehead atoms. The van der Waals surface area contributed by atoms with Crippen molar-refractivity contribution in [3.63, 3.8) is 0 Å². The first-order valence-electron chi connectivity index (χ1n) is 11.5. The number of aryl methyl sites for hydroxylation is 1. The lowest BCUT2D eigenvalue weighted by atomic mass is 9.93. The summed E-state index contributed by atoms with van der Waals surface area (Å²) >= 11 is 1.27. The average molecular weight is 481 g/mol. The van der Waals surface area contributed by atoms with Crippen LogP contribution in [0.2, 0.25) is 0 Å². The topological polar surface area (TPSA) is 75.5 Å². The standard InChI is InChI=1S/C26H32N4O3S/c1-16(2)27-24(20-11-10-19(32-5)15-22(20)33-6)30-13-7-8-17-14-18(9-12-21(17)30)23-26(3,4)34-25(31)29-28-23/h9-12,14-16H,7-8,13H2,1-6H3,(H,29,31)/b27-24-. The summed E-state index contributed by atoms with van der Waals surface area (Å²) in [5.41, 5.74) is 7.84. The first-order chi connectivity index (χ1) is 16.2. The van der Waals surface area contributed by atoms with Gasteiger partial charge in [-0.15, -0.1) is 0 Å². The minimum atomic E-state index is -0.397. The minimum Gasteiger partial charge on any atom is -0.497 e. The van der Waals surface area contributed by atoms with Crippen molar-refractivity contribution in [3.8, 4) is 11.5 Å². The van der Waals surface area contributed by atoms with E-state index in [2.05, 4.69) is 47.5 Å². The Labute approximate surface area is 205 Å². The van der Waals surface area contributed by atoms with Gasteiger partial charge in [0.05, 0.1) is 30.2 Å². The van der Waals surface area contributed by atoms with Gasteiger partial charge >= 0.3 is 0 Å². The number of nitrogens with zero attached hydrogens (tertiary/aromatic N) is 3. The maximum Gasteiger partial charge on any atom is 0.300 e. The number of methoxy groups -OCH3 is 2. The molecule has 2 aliphatic heterocycles. The smallest absolute Gasteiger partial charge is 0.300 e. The van der Waals surface area contributed by atoms with E-state index in [1.54, 1.807) is 14.2 Å². The molecule has 0 saturated carbocycles. The molecule has 2 aromatic carbocycles. The molecule has 0 unspecified atom stereocenters. The molecule has 0 aliphatic carbocycles. The lowest BCUT2D eigenvalue weighted by Crippen LogP contribution is -2.39. The third-order valence-electron chi connectivity index (χ3n) is 5.93. The number of hydrogen-bond acceptors (Lipinski definition) is 6. The van der Waals surface area contributed by atoms with E-state index in [4.69, 9.17) is 14.5 Å². The van der Waals surface area contributed by atoms with E-state index in [1.165, 1.54) is 17.3 Å². The molecule has 2 aliphatic rings. The lowest BCUT2D eigenvalue weighted by molar-refractivity contribution is 0.260. The zero-order chi connectivity index (χ0) is 24.5. The minimum absolute atomic E-state index is 0.115. The number of hydrazone groups is 1. The molecule has 2 heterocycles. The molecule has 0 radical (unpaired) electrons. The van der Waals surface area contributed by atoms with E-state index in [0.29, 0.717) is 0 Å². The van der Waals surface area contributed by atoms with Gasteiger partial charge in [-0.2, -0.15) is 5.10 Å². The zero-order valence-corrected chi connectivity index (χ0v) is 21.5. The van der Waals surface area contributed by atoms with Crippen molar-refractivity contribution < 1.29 is 14.3 Å². The molecule has 34 heavy (non-hydrogen) atoms. The number of fused-ring (bicyclic) bond motifs is 1. The largest absolute Gasteiger partial charge is 0.497 e. The van der Waals surface area contributed by atoms with Crippen LogP contribution in [0, 0.1) is 0 Å². The van der Waals surface area contributed by atoms with Gasteiger partial charge in [-0.1, -0.05) is 17.8 Å². The number of ether oxygens (including phenoxy) is 2. The molecule has 0 fully saturated rings. The summed E-state index contributed by atoms with van der Waals surface area (Å²) in [6.45, 7) is 9.10. The Bertz CT molecular complexity index is 1160. The molecule has 0 saturated heterocycles. The fourth-order valence-corrected chi connectivity index (χ4v) is 5.24. The predicted octanol–water partition coefficient (Wildman–Crippen LogP) is 5.25. The van der Waals surface area contributed by atoms with Crippen molar-refractivity contribution in [2.45, 2.75) is 51.3 Å². The van der Waals surface area contributed by atoms with E-state index >= 15 is 0 Å². The van der Waals surface area contributed by atoms with E-state index < -0.39 is 4.75 Å². The average Bonchev–Trinajstić information content (AvgIpc) is 2.80. The normalized spacial score (nSPS) is 17.7. The molecule has 0 aromatic heterocycles. The Kier molecular flexibility index (Phi) is 6.89. The van der Waals surface area contributed by atoms with Gasteiger partial charge < -0.3 is 14.4 Å². The first-order valence-corrected chi connectivity index (χ1v) is 12.3. The number of nitrogens with one attached hydrogen (secondary N) is 1. The summed E-state index contributed by atoms with van der Waals surface area (Å²) in [5.74, 6) is 2.36. The maximum atomic E-state index is 11.8. The summed E-state index contributed by atoms with van der Waals surface area (Å²) in [6, 6.07) is 12.4. The highest BCUT2D eigenvalue weighted by atomic mass is 32.2. The Balaban J connectivity index is 1.77. The molecule has 0 atom stereocenters. The van der Waals surface area contributed by atoms with Crippen LogP contribution < -0.4 is 19.8 Å². The number of carbonyl (C=O) groups is 1. The molecule has 0 spiro atoms. The van der Waals surface area contributed by atoms with E-state index in [0.717, 1.165) is 59.2 Å². The van der Waals surface area contributed by atoms with E-state index in [9.17, 15) is 4.79 Å². The summed E-state index contributed by atoms with van der Waals surface area (Å²) < 4.78 is 10.7. The van der Waals surface area contributed by atoms with Gasteiger partial charge in [0.1, 0.15) is 17.3 Å². The quantitative estimate of drug-likeness (QED) is 0.467. The molecular weight excluding hydrogens is 448 g/mol. The van der Waals surface area contributed by atoms with E-state index in [-0.39, 0.29) is 11.3 Å². The number of amidine groups is 1. The van der Waals surface area contributed by atoms with Crippen LogP contribution >= 0.6 is 11.8 Å². The van der Waals surface area contributed by atoms with E-state index in [1.807, 2.05) is 32.0 Å². The van der Waals surface area contributed by atoms with Gasteiger partial charge in [0.25, 0.3) is 5.24 Å². The number of rotatable bonds is 5. The van der Waals surface area contributed by atoms with Crippen LogP contribution in [0.1, 0.15) is 50.8 Å². The molecule has 7 nitrogen and oxygen atoms in total. The van der Waals surface area contributed by atoms with Crippen molar-refractivity contribution in [2.24, 2.45) is 10.1 Å². The number of hydrogen-bond donors (Lipinski definition) is 1. The van der Waals surface area contributed by atoms with Crippen LogP contribution in [0.15, 0.2) is 46.5 Å².